The van der Waals surface area contributed by atoms with Crippen LogP contribution in [0.4, 0.5) is 5.69 Å². The van der Waals surface area contributed by atoms with Gasteiger partial charge in [-0.05, 0) is 43.0 Å². The van der Waals surface area contributed by atoms with Crippen molar-refractivity contribution in [1.29, 1.82) is 0 Å². The number of halogens is 1. The standard InChI is InChI=1S/C13H17ClN2/c1-16-8-12(15-11-3-4-11)7-9-6-10(14)2-5-13(9)16/h2,5-6,11-12,15H,3-4,7-8H2,1H3. The number of nitrogens with one attached hydrogen (secondary N) is 1. The van der Waals surface area contributed by atoms with Gasteiger partial charge in [-0.1, -0.05) is 11.6 Å². The van der Waals surface area contributed by atoms with Crippen LogP contribution in [0.1, 0.15) is 18.4 Å². The van der Waals surface area contributed by atoms with Crippen molar-refractivity contribution in [2.75, 3.05) is 18.5 Å². The first kappa shape index (κ1) is 10.4. The normalized spacial score (nSPS) is 24.4. The minimum absolute atomic E-state index is 0.587. The van der Waals surface area contributed by atoms with Crippen LogP contribution in [0.15, 0.2) is 18.2 Å². The smallest absolute Gasteiger partial charge is 0.0410 e. The first-order valence-corrected chi connectivity index (χ1v) is 6.36. The number of likely N-dealkylation sites (N-methyl/N-ethyl adjacent to an activating group) is 1. The molecule has 1 atom stereocenters. The summed E-state index contributed by atoms with van der Waals surface area (Å²) >= 11 is 6.05. The number of fused-ring (bicyclic) bond motifs is 1. The first-order chi connectivity index (χ1) is 7.72. The molecule has 0 bridgehead atoms. The summed E-state index contributed by atoms with van der Waals surface area (Å²) in [6.45, 7) is 1.10. The van der Waals surface area contributed by atoms with Crippen molar-refractivity contribution in [3.8, 4) is 0 Å². The maximum absolute atomic E-state index is 6.05. The molecule has 1 fully saturated rings. The molecule has 1 unspecified atom stereocenters. The second kappa shape index (κ2) is 3.94. The first-order valence-electron chi connectivity index (χ1n) is 5.98. The van der Waals surface area contributed by atoms with E-state index in [1.807, 2.05) is 6.07 Å². The summed E-state index contributed by atoms with van der Waals surface area (Å²) in [4.78, 5) is 2.33. The summed E-state index contributed by atoms with van der Waals surface area (Å²) in [6, 6.07) is 7.58. The Morgan fingerprint density at radius 1 is 1.31 bits per heavy atom. The van der Waals surface area contributed by atoms with Gasteiger partial charge in [-0.25, -0.2) is 0 Å². The molecule has 1 aliphatic heterocycles. The maximum Gasteiger partial charge on any atom is 0.0410 e. The van der Waals surface area contributed by atoms with Crippen LogP contribution < -0.4 is 10.2 Å². The van der Waals surface area contributed by atoms with Crippen molar-refractivity contribution in [1.82, 2.24) is 5.32 Å². The molecule has 0 amide bonds. The number of benzene rings is 1. The molecule has 0 saturated heterocycles. The highest BCUT2D eigenvalue weighted by molar-refractivity contribution is 6.30. The quantitative estimate of drug-likeness (QED) is 0.849. The summed E-state index contributed by atoms with van der Waals surface area (Å²) in [6.07, 6.45) is 3.81. The number of hydrogen-bond donors (Lipinski definition) is 1. The molecule has 1 aromatic rings. The Morgan fingerprint density at radius 2 is 2.12 bits per heavy atom. The molecule has 1 heterocycles. The van der Waals surface area contributed by atoms with Crippen LogP contribution in [0.3, 0.4) is 0 Å². The highest BCUT2D eigenvalue weighted by atomic mass is 35.5. The van der Waals surface area contributed by atoms with Crippen molar-refractivity contribution in [2.24, 2.45) is 0 Å². The highest BCUT2D eigenvalue weighted by Gasteiger charge is 2.28. The molecule has 2 nitrogen and oxygen atoms in total. The lowest BCUT2D eigenvalue weighted by atomic mass is 9.98. The Morgan fingerprint density at radius 3 is 2.88 bits per heavy atom. The van der Waals surface area contributed by atoms with Crippen LogP contribution >= 0.6 is 11.6 Å². The van der Waals surface area contributed by atoms with Crippen molar-refractivity contribution < 1.29 is 0 Å². The Kier molecular flexibility index (Phi) is 2.56. The molecule has 3 heteroatoms. The maximum atomic E-state index is 6.05. The van der Waals surface area contributed by atoms with Gasteiger partial charge in [0.15, 0.2) is 0 Å². The molecule has 16 heavy (non-hydrogen) atoms. The Labute approximate surface area is 102 Å². The Hall–Kier alpha value is -0.730. The highest BCUT2D eigenvalue weighted by Crippen LogP contribution is 2.30. The molecule has 1 aliphatic carbocycles. The summed E-state index contributed by atoms with van der Waals surface area (Å²) in [5, 5.41) is 4.55. The van der Waals surface area contributed by atoms with Crippen LogP contribution in [0, 0.1) is 0 Å². The molecule has 3 rings (SSSR count). The summed E-state index contributed by atoms with van der Waals surface area (Å²) in [5.41, 5.74) is 2.71. The van der Waals surface area contributed by atoms with Crippen LogP contribution in [0.5, 0.6) is 0 Å². The van der Waals surface area contributed by atoms with Crippen LogP contribution in [0.25, 0.3) is 0 Å². The van der Waals surface area contributed by atoms with Crippen LogP contribution in [-0.4, -0.2) is 25.7 Å². The lowest BCUT2D eigenvalue weighted by Crippen LogP contribution is -2.45. The third-order valence-electron chi connectivity index (χ3n) is 3.46. The minimum atomic E-state index is 0.587. The second-order valence-corrected chi connectivity index (χ2v) is 5.43. The van der Waals surface area contributed by atoms with E-state index in [1.54, 1.807) is 0 Å². The zero-order valence-electron chi connectivity index (χ0n) is 9.54. The molecule has 2 aliphatic rings. The second-order valence-electron chi connectivity index (χ2n) is 5.00. The van der Waals surface area contributed by atoms with Gasteiger partial charge < -0.3 is 10.2 Å². The summed E-state index contributed by atoms with van der Waals surface area (Å²) < 4.78 is 0. The van der Waals surface area contributed by atoms with Gasteiger partial charge in [0.2, 0.25) is 0 Å². The molecular formula is C13H17ClN2. The average Bonchev–Trinajstić information content (AvgIpc) is 3.00. The lowest BCUT2D eigenvalue weighted by molar-refractivity contribution is 0.491. The third kappa shape index (κ3) is 2.04. The van der Waals surface area contributed by atoms with Gasteiger partial charge in [-0.15, -0.1) is 0 Å². The van der Waals surface area contributed by atoms with E-state index in [2.05, 4.69) is 29.4 Å². The van der Waals surface area contributed by atoms with Gasteiger partial charge in [0.05, 0.1) is 0 Å². The molecular weight excluding hydrogens is 220 g/mol. The predicted octanol–water partition coefficient (Wildman–Crippen LogP) is 2.45. The third-order valence-corrected chi connectivity index (χ3v) is 3.70. The van der Waals surface area contributed by atoms with E-state index in [9.17, 15) is 0 Å². The van der Waals surface area contributed by atoms with E-state index in [0.29, 0.717) is 6.04 Å². The molecule has 1 saturated carbocycles. The van der Waals surface area contributed by atoms with Gasteiger partial charge >= 0.3 is 0 Å². The molecule has 1 N–H and O–H groups in total. The molecule has 0 spiro atoms. The molecule has 86 valence electrons. The summed E-state index contributed by atoms with van der Waals surface area (Å²) in [7, 11) is 2.16. The van der Waals surface area contributed by atoms with Crippen LogP contribution in [-0.2, 0) is 6.42 Å². The number of rotatable bonds is 2. The number of hydrogen-bond acceptors (Lipinski definition) is 2. The monoisotopic (exact) mass is 236 g/mol. The average molecular weight is 237 g/mol. The number of nitrogens with zero attached hydrogens (tertiary/aromatic N) is 1. The van der Waals surface area contributed by atoms with Gasteiger partial charge in [-0.2, -0.15) is 0 Å². The van der Waals surface area contributed by atoms with Crippen molar-refractivity contribution >= 4 is 17.3 Å². The topological polar surface area (TPSA) is 15.3 Å². The fourth-order valence-corrected chi connectivity index (χ4v) is 2.74. The number of anilines is 1. The van der Waals surface area contributed by atoms with Gasteiger partial charge in [0.1, 0.15) is 0 Å². The molecule has 0 aromatic heterocycles. The Balaban J connectivity index is 1.82. The van der Waals surface area contributed by atoms with Crippen molar-refractivity contribution in [2.45, 2.75) is 31.3 Å². The van der Waals surface area contributed by atoms with Gasteiger partial charge in [0, 0.05) is 36.4 Å². The fourth-order valence-electron chi connectivity index (χ4n) is 2.54. The SMILES string of the molecule is CN1CC(NC2CC2)Cc2cc(Cl)ccc21. The van der Waals surface area contributed by atoms with Gasteiger partial charge in [0.25, 0.3) is 0 Å². The van der Waals surface area contributed by atoms with E-state index >= 15 is 0 Å². The fraction of sp³-hybridized carbons (Fsp3) is 0.538. The molecule has 1 aromatic carbocycles. The predicted molar refractivity (Wildman–Crippen MR) is 68.4 cm³/mol. The van der Waals surface area contributed by atoms with E-state index in [1.165, 1.54) is 24.1 Å². The minimum Gasteiger partial charge on any atom is -0.373 e. The van der Waals surface area contributed by atoms with E-state index < -0.39 is 0 Å². The van der Waals surface area contributed by atoms with E-state index in [0.717, 1.165) is 24.0 Å². The molecule has 0 radical (unpaired) electrons. The summed E-state index contributed by atoms with van der Waals surface area (Å²) in [5.74, 6) is 0. The zero-order valence-corrected chi connectivity index (χ0v) is 10.3. The van der Waals surface area contributed by atoms with Crippen LogP contribution in [0.2, 0.25) is 5.02 Å². The Bertz CT molecular complexity index is 401. The van der Waals surface area contributed by atoms with Gasteiger partial charge in [-0.3, -0.25) is 0 Å². The zero-order chi connectivity index (χ0) is 11.1. The largest absolute Gasteiger partial charge is 0.373 e. The van der Waals surface area contributed by atoms with Crippen molar-refractivity contribution in [3.63, 3.8) is 0 Å². The lowest BCUT2D eigenvalue weighted by Gasteiger charge is -2.34. The van der Waals surface area contributed by atoms with E-state index in [4.69, 9.17) is 11.6 Å². The van der Waals surface area contributed by atoms with Crippen molar-refractivity contribution in [3.05, 3.63) is 28.8 Å². The van der Waals surface area contributed by atoms with E-state index in [-0.39, 0.29) is 0 Å².